The molecule has 0 aliphatic heterocycles. The van der Waals surface area contributed by atoms with Crippen LogP contribution in [0.1, 0.15) is 64.8 Å². The molecule has 0 aliphatic carbocycles. The quantitative estimate of drug-likeness (QED) is 0.146. The SMILES string of the molecule is CC(N=NC(C)(C)NC(=S)NNC(=S)NNC(=S)NC(C)(C)N=NC(C)c1ccccc1)c1ccccc1. The van der Waals surface area contributed by atoms with E-state index in [-0.39, 0.29) is 17.2 Å². The Labute approximate surface area is 240 Å². The number of nitrogens with zero attached hydrogens (tertiary/aromatic N) is 4. The van der Waals surface area contributed by atoms with Gasteiger partial charge >= 0.3 is 0 Å². The van der Waals surface area contributed by atoms with Crippen LogP contribution in [0.4, 0.5) is 0 Å². The Bertz CT molecular complexity index is 1030. The zero-order valence-electron chi connectivity index (χ0n) is 22.4. The predicted molar refractivity (Wildman–Crippen MR) is 164 cm³/mol. The van der Waals surface area contributed by atoms with Crippen molar-refractivity contribution in [3.8, 4) is 0 Å². The Morgan fingerprint density at radius 2 is 0.895 bits per heavy atom. The zero-order chi connectivity index (χ0) is 28.2. The molecule has 0 aromatic heterocycles. The van der Waals surface area contributed by atoms with Crippen LogP contribution in [0, 0.1) is 0 Å². The van der Waals surface area contributed by atoms with Gasteiger partial charge in [0, 0.05) is 0 Å². The normalized spacial score (nSPS) is 13.4. The van der Waals surface area contributed by atoms with Crippen molar-refractivity contribution in [1.82, 2.24) is 32.3 Å². The van der Waals surface area contributed by atoms with E-state index < -0.39 is 11.3 Å². The summed E-state index contributed by atoms with van der Waals surface area (Å²) in [4.78, 5) is 0. The Balaban J connectivity index is 1.72. The Kier molecular flexibility index (Phi) is 11.9. The molecule has 2 unspecified atom stereocenters. The van der Waals surface area contributed by atoms with Gasteiger partial charge in [0.1, 0.15) is 11.3 Å². The summed E-state index contributed by atoms with van der Waals surface area (Å²) in [5.41, 5.74) is 11.9. The van der Waals surface area contributed by atoms with Crippen LogP contribution in [0.5, 0.6) is 0 Å². The highest BCUT2D eigenvalue weighted by Crippen LogP contribution is 2.19. The number of nitrogens with one attached hydrogen (secondary N) is 6. The summed E-state index contributed by atoms with van der Waals surface area (Å²) in [7, 11) is 0. The van der Waals surface area contributed by atoms with Crippen molar-refractivity contribution in [2.75, 3.05) is 0 Å². The molecule has 0 saturated heterocycles. The van der Waals surface area contributed by atoms with Gasteiger partial charge in [-0.15, -0.1) is 0 Å². The van der Waals surface area contributed by atoms with E-state index >= 15 is 0 Å². The lowest BCUT2D eigenvalue weighted by molar-refractivity contribution is 0.439. The Hall–Kier alpha value is -3.29. The van der Waals surface area contributed by atoms with Crippen LogP contribution in [-0.2, 0) is 0 Å². The molecule has 2 atom stereocenters. The summed E-state index contributed by atoms with van der Waals surface area (Å²) in [6.45, 7) is 11.4. The van der Waals surface area contributed by atoms with Crippen LogP contribution < -0.4 is 32.3 Å². The molecule has 2 rings (SSSR count). The number of azo groups is 2. The first-order valence-corrected chi connectivity index (χ1v) is 13.3. The molecule has 2 aromatic rings. The smallest absolute Gasteiger partial charge is 0.204 e. The van der Waals surface area contributed by atoms with Gasteiger partial charge in [-0.2, -0.15) is 20.5 Å². The van der Waals surface area contributed by atoms with Crippen molar-refractivity contribution < 1.29 is 0 Å². The van der Waals surface area contributed by atoms with E-state index in [0.29, 0.717) is 10.2 Å². The van der Waals surface area contributed by atoms with E-state index in [1.165, 1.54) is 0 Å². The molecule has 0 saturated carbocycles. The van der Waals surface area contributed by atoms with E-state index in [1.807, 2.05) is 102 Å². The summed E-state index contributed by atoms with van der Waals surface area (Å²) in [6.07, 6.45) is 0. The standard InChI is InChI=1S/C25H36N10S3/c1-17(19-13-9-7-10-14-19)28-34-24(3,4)26-21(36)30-32-23(38)33-31-22(37)27-25(5,6)35-29-18(2)20-15-11-8-12-16-20/h7-18H,1-6H3,(H2,26,30,36)(H2,27,31,37)(H2,32,33,38). The number of hydrogen-bond donors (Lipinski definition) is 6. The van der Waals surface area contributed by atoms with Gasteiger partial charge in [0.15, 0.2) is 10.2 Å². The summed E-state index contributed by atoms with van der Waals surface area (Å²) in [5, 5.41) is 24.5. The average Bonchev–Trinajstić information content (AvgIpc) is 2.88. The second-order valence-corrected chi connectivity index (χ2v) is 10.7. The second-order valence-electron chi connectivity index (χ2n) is 9.46. The average molecular weight is 573 g/mol. The van der Waals surface area contributed by atoms with Crippen molar-refractivity contribution in [2.45, 2.75) is 65.0 Å². The van der Waals surface area contributed by atoms with Gasteiger partial charge in [0.25, 0.3) is 0 Å². The number of thiocarbonyl (C=S) groups is 3. The molecular weight excluding hydrogens is 537 g/mol. The highest BCUT2D eigenvalue weighted by molar-refractivity contribution is 7.81. The van der Waals surface area contributed by atoms with Crippen LogP contribution in [0.2, 0.25) is 0 Å². The van der Waals surface area contributed by atoms with E-state index in [0.717, 1.165) is 11.1 Å². The molecule has 0 heterocycles. The molecule has 2 aromatic carbocycles. The van der Waals surface area contributed by atoms with E-state index in [9.17, 15) is 0 Å². The lowest BCUT2D eigenvalue weighted by atomic mass is 10.1. The Morgan fingerprint density at radius 3 is 1.24 bits per heavy atom. The predicted octanol–water partition coefficient (Wildman–Crippen LogP) is 5.11. The fourth-order valence-electron chi connectivity index (χ4n) is 2.98. The van der Waals surface area contributed by atoms with Crippen LogP contribution in [0.25, 0.3) is 0 Å². The summed E-state index contributed by atoms with van der Waals surface area (Å²) in [5.74, 6) is 0. The highest BCUT2D eigenvalue weighted by atomic mass is 32.1. The molecule has 6 N–H and O–H groups in total. The molecule has 0 spiro atoms. The third-order valence-electron chi connectivity index (χ3n) is 4.94. The lowest BCUT2D eigenvalue weighted by Gasteiger charge is -2.25. The molecule has 0 radical (unpaired) electrons. The van der Waals surface area contributed by atoms with E-state index in [2.05, 4.69) is 52.8 Å². The number of benzene rings is 2. The monoisotopic (exact) mass is 572 g/mol. The number of hydrazine groups is 2. The van der Waals surface area contributed by atoms with Gasteiger partial charge in [-0.1, -0.05) is 60.7 Å². The van der Waals surface area contributed by atoms with Crippen LogP contribution in [-0.4, -0.2) is 26.7 Å². The van der Waals surface area contributed by atoms with Gasteiger partial charge in [0.2, 0.25) is 5.11 Å². The molecule has 0 bridgehead atoms. The molecule has 0 amide bonds. The first-order valence-electron chi connectivity index (χ1n) is 12.0. The zero-order valence-corrected chi connectivity index (χ0v) is 24.9. The molecule has 0 fully saturated rings. The second kappa shape index (κ2) is 14.6. The summed E-state index contributed by atoms with van der Waals surface area (Å²) in [6, 6.07) is 19.8. The van der Waals surface area contributed by atoms with E-state index in [1.54, 1.807) is 0 Å². The van der Waals surface area contributed by atoms with Gasteiger partial charge in [-0.05, 0) is 89.3 Å². The first kappa shape index (κ1) is 30.9. The van der Waals surface area contributed by atoms with Crippen LogP contribution in [0.3, 0.4) is 0 Å². The molecule has 0 aliphatic rings. The first-order chi connectivity index (χ1) is 17.9. The fraction of sp³-hybridized carbons (Fsp3) is 0.400. The summed E-state index contributed by atoms with van der Waals surface area (Å²) < 4.78 is 0. The third-order valence-corrected chi connectivity index (χ3v) is 5.56. The van der Waals surface area contributed by atoms with Crippen LogP contribution >= 0.6 is 36.7 Å². The largest absolute Gasteiger partial charge is 0.336 e. The summed E-state index contributed by atoms with van der Waals surface area (Å²) >= 11 is 15.9. The minimum atomic E-state index is -0.730. The van der Waals surface area contributed by atoms with Gasteiger partial charge in [-0.25, -0.2) is 0 Å². The lowest BCUT2D eigenvalue weighted by Crippen LogP contribution is -2.58. The molecule has 204 valence electrons. The molecular formula is C25H36N10S3. The third kappa shape index (κ3) is 11.8. The van der Waals surface area contributed by atoms with E-state index in [4.69, 9.17) is 36.7 Å². The maximum atomic E-state index is 5.33. The molecule has 13 heteroatoms. The number of hydrogen-bond acceptors (Lipinski definition) is 7. The maximum Gasteiger partial charge on any atom is 0.204 e. The van der Waals surface area contributed by atoms with Crippen molar-refractivity contribution in [3.63, 3.8) is 0 Å². The van der Waals surface area contributed by atoms with Crippen LogP contribution in [0.15, 0.2) is 81.1 Å². The van der Waals surface area contributed by atoms with Gasteiger partial charge < -0.3 is 10.6 Å². The van der Waals surface area contributed by atoms with Crippen molar-refractivity contribution >= 4 is 52.0 Å². The molecule has 10 nitrogen and oxygen atoms in total. The maximum absolute atomic E-state index is 5.33. The minimum absolute atomic E-state index is 0.0732. The van der Waals surface area contributed by atoms with Gasteiger partial charge in [0.05, 0.1) is 12.1 Å². The highest BCUT2D eigenvalue weighted by Gasteiger charge is 2.19. The fourth-order valence-corrected chi connectivity index (χ4v) is 3.69. The van der Waals surface area contributed by atoms with Gasteiger partial charge in [-0.3, -0.25) is 21.7 Å². The van der Waals surface area contributed by atoms with Crippen molar-refractivity contribution in [2.24, 2.45) is 20.5 Å². The minimum Gasteiger partial charge on any atom is -0.336 e. The number of rotatable bonds is 8. The van der Waals surface area contributed by atoms with Crippen molar-refractivity contribution in [1.29, 1.82) is 0 Å². The van der Waals surface area contributed by atoms with Crippen molar-refractivity contribution in [3.05, 3.63) is 71.8 Å². The Morgan fingerprint density at radius 1 is 0.579 bits per heavy atom. The topological polar surface area (TPSA) is 122 Å². The molecule has 38 heavy (non-hydrogen) atoms.